The summed E-state index contributed by atoms with van der Waals surface area (Å²) in [6.07, 6.45) is 68.0. The molecule has 1 amide bonds. The number of hydrogen-bond donors (Lipinski definition) is 6. The van der Waals surface area contributed by atoms with E-state index in [9.17, 15) is 35.1 Å². The Morgan fingerprint density at radius 3 is 1.36 bits per heavy atom. The molecule has 1 rings (SSSR count). The van der Waals surface area contributed by atoms with Gasteiger partial charge in [0.15, 0.2) is 12.4 Å². The second kappa shape index (κ2) is 56.5. The number of aliphatic hydroxyl groups excluding tert-OH is 5. The first-order valence-electron chi connectivity index (χ1n) is 32.3. The Morgan fingerprint density at radius 1 is 0.494 bits per heavy atom. The molecule has 462 valence electrons. The van der Waals surface area contributed by atoms with Crippen molar-refractivity contribution < 1.29 is 49.3 Å². The number of allylic oxidation sites excluding steroid dienone is 19. The molecule has 81 heavy (non-hydrogen) atoms. The van der Waals surface area contributed by atoms with Crippen LogP contribution >= 0.6 is 0 Å². The minimum atomic E-state index is -1.64. The SMILES string of the molecule is CC/C=C\C/C=C\C/C=C\C/C=C\C/C=C\C/C=C\CCCCCCC(=O)OC1C(OCC(NC(=O)C(O)CCCCC/C=C\C/C=C\C/C=C\CCCCC)C(O)/C=C/CCCCCCCCCCCCC)OC(CO)C(O)C1O. The Balaban J connectivity index is 2.70. The molecular weight excluding hydrogens is 1010 g/mol. The molecule has 1 heterocycles. The quantitative estimate of drug-likeness (QED) is 0.0195. The highest BCUT2D eigenvalue weighted by molar-refractivity contribution is 5.80. The van der Waals surface area contributed by atoms with Crippen molar-refractivity contribution in [2.75, 3.05) is 13.2 Å². The van der Waals surface area contributed by atoms with Crippen LogP contribution < -0.4 is 5.32 Å². The van der Waals surface area contributed by atoms with Gasteiger partial charge in [0.1, 0.15) is 24.4 Å². The van der Waals surface area contributed by atoms with Gasteiger partial charge in [-0.3, -0.25) is 9.59 Å². The molecule has 11 nitrogen and oxygen atoms in total. The molecule has 1 saturated heterocycles. The highest BCUT2D eigenvalue weighted by Crippen LogP contribution is 2.26. The molecule has 0 radical (unpaired) electrons. The van der Waals surface area contributed by atoms with E-state index in [4.69, 9.17) is 14.2 Å². The molecule has 8 unspecified atom stereocenters. The van der Waals surface area contributed by atoms with Crippen LogP contribution in [0.1, 0.15) is 245 Å². The molecule has 0 aromatic carbocycles. The highest BCUT2D eigenvalue weighted by atomic mass is 16.7. The largest absolute Gasteiger partial charge is 0.454 e. The van der Waals surface area contributed by atoms with E-state index in [0.717, 1.165) is 128 Å². The van der Waals surface area contributed by atoms with Crippen LogP contribution in [0.15, 0.2) is 122 Å². The van der Waals surface area contributed by atoms with Crippen molar-refractivity contribution in [3.05, 3.63) is 122 Å². The molecule has 0 spiro atoms. The number of amides is 1. The summed E-state index contributed by atoms with van der Waals surface area (Å²) in [5.74, 6) is -1.25. The standard InChI is InChI=1S/C70H117NO10/c1-4-7-10-13-16-19-22-25-27-29-30-31-32-33-34-35-37-40-43-46-49-52-55-58-65(75)81-68-67(77)66(76)64(59-72)80-70(68)79-60-61(62(73)56-53-50-47-44-41-38-24-21-18-15-12-9-6-3)71-69(78)63(74)57-54-51-48-45-42-39-36-28-26-23-20-17-14-11-8-5-2/h7,10,16-17,19-20,25-28,30-31,33-34,37,39-40,42,53,56,61-64,66-68,70,72-74,76-77H,4-6,8-9,11-15,18,21-24,29,32,35-36,38,41,43-52,54-55,57-60H2,1-3H3,(H,71,78)/b10-7-,19-16-,20-17-,27-25-,28-26-,31-30-,34-33-,40-37-,42-39-,56-53+. The molecule has 1 aliphatic rings. The number of ether oxygens (including phenoxy) is 3. The summed E-state index contributed by atoms with van der Waals surface area (Å²) in [6, 6.07) is -1.05. The van der Waals surface area contributed by atoms with Crippen LogP contribution in [0, 0.1) is 0 Å². The maximum absolute atomic E-state index is 13.4. The number of esters is 1. The maximum atomic E-state index is 13.4. The minimum Gasteiger partial charge on any atom is -0.454 e. The van der Waals surface area contributed by atoms with Crippen LogP contribution in [-0.4, -0.2) is 99.6 Å². The first-order chi connectivity index (χ1) is 39.7. The summed E-state index contributed by atoms with van der Waals surface area (Å²) in [7, 11) is 0. The average molecular weight is 1130 g/mol. The third-order valence-electron chi connectivity index (χ3n) is 14.3. The lowest BCUT2D eigenvalue weighted by Gasteiger charge is -2.41. The Kier molecular flexibility index (Phi) is 52.4. The number of rotatable bonds is 53. The molecule has 0 bridgehead atoms. The third-order valence-corrected chi connectivity index (χ3v) is 14.3. The second-order valence-electron chi connectivity index (χ2n) is 21.8. The van der Waals surface area contributed by atoms with Crippen molar-refractivity contribution in [2.45, 2.75) is 294 Å². The van der Waals surface area contributed by atoms with Gasteiger partial charge in [0, 0.05) is 6.42 Å². The van der Waals surface area contributed by atoms with Crippen molar-refractivity contribution in [1.29, 1.82) is 0 Å². The molecule has 0 aliphatic carbocycles. The summed E-state index contributed by atoms with van der Waals surface area (Å²) in [4.78, 5) is 26.6. The van der Waals surface area contributed by atoms with Gasteiger partial charge in [-0.2, -0.15) is 0 Å². The molecule has 11 heteroatoms. The predicted molar refractivity (Wildman–Crippen MR) is 338 cm³/mol. The first-order valence-corrected chi connectivity index (χ1v) is 32.3. The topological polar surface area (TPSA) is 175 Å². The lowest BCUT2D eigenvalue weighted by Crippen LogP contribution is -2.61. The predicted octanol–water partition coefficient (Wildman–Crippen LogP) is 15.8. The molecule has 0 aromatic rings. The van der Waals surface area contributed by atoms with E-state index in [1.54, 1.807) is 6.08 Å². The third kappa shape index (κ3) is 44.3. The summed E-state index contributed by atoms with van der Waals surface area (Å²) in [5, 5.41) is 57.0. The average Bonchev–Trinajstić information content (AvgIpc) is 3.53. The molecule has 0 saturated carbocycles. The van der Waals surface area contributed by atoms with E-state index in [-0.39, 0.29) is 19.4 Å². The van der Waals surface area contributed by atoms with Gasteiger partial charge in [0.25, 0.3) is 0 Å². The minimum absolute atomic E-state index is 0.0838. The van der Waals surface area contributed by atoms with Crippen molar-refractivity contribution >= 4 is 11.9 Å². The number of aliphatic hydroxyl groups is 5. The van der Waals surface area contributed by atoms with Gasteiger partial charge < -0.3 is 45.1 Å². The van der Waals surface area contributed by atoms with Gasteiger partial charge in [-0.05, 0) is 116 Å². The van der Waals surface area contributed by atoms with Gasteiger partial charge in [-0.25, -0.2) is 0 Å². The van der Waals surface area contributed by atoms with E-state index in [2.05, 4.69) is 135 Å². The summed E-state index contributed by atoms with van der Waals surface area (Å²) < 4.78 is 17.6. The van der Waals surface area contributed by atoms with Crippen LogP contribution in [0.2, 0.25) is 0 Å². The Labute approximate surface area is 493 Å². The van der Waals surface area contributed by atoms with Crippen LogP contribution in [-0.2, 0) is 23.8 Å². The van der Waals surface area contributed by atoms with Crippen LogP contribution in [0.25, 0.3) is 0 Å². The molecule has 1 fully saturated rings. The fraction of sp³-hybridized carbons (Fsp3) is 0.686. The van der Waals surface area contributed by atoms with Crippen LogP contribution in [0.5, 0.6) is 0 Å². The van der Waals surface area contributed by atoms with Crippen LogP contribution in [0.3, 0.4) is 0 Å². The monoisotopic (exact) mass is 1130 g/mol. The lowest BCUT2D eigenvalue weighted by molar-refractivity contribution is -0.305. The molecule has 1 aliphatic heterocycles. The highest BCUT2D eigenvalue weighted by Gasteiger charge is 2.47. The van der Waals surface area contributed by atoms with Gasteiger partial charge in [0.05, 0.1) is 25.4 Å². The van der Waals surface area contributed by atoms with Gasteiger partial charge >= 0.3 is 5.97 Å². The zero-order valence-electron chi connectivity index (χ0n) is 51.1. The molecular formula is C70H117NO10. The zero-order valence-corrected chi connectivity index (χ0v) is 51.1. The Morgan fingerprint density at radius 2 is 0.889 bits per heavy atom. The normalized spacial score (nSPS) is 19.5. The van der Waals surface area contributed by atoms with Gasteiger partial charge in [-0.15, -0.1) is 0 Å². The number of carbonyl (C=O) groups is 2. The van der Waals surface area contributed by atoms with Crippen molar-refractivity contribution in [3.8, 4) is 0 Å². The van der Waals surface area contributed by atoms with E-state index < -0.39 is 67.4 Å². The van der Waals surface area contributed by atoms with Gasteiger partial charge in [0.2, 0.25) is 5.91 Å². The number of unbranched alkanes of at least 4 members (excludes halogenated alkanes) is 21. The number of nitrogens with one attached hydrogen (secondary N) is 1. The lowest BCUT2D eigenvalue weighted by atomic mass is 9.99. The number of hydrogen-bond acceptors (Lipinski definition) is 10. The maximum Gasteiger partial charge on any atom is 0.306 e. The van der Waals surface area contributed by atoms with E-state index in [1.807, 2.05) is 6.08 Å². The van der Waals surface area contributed by atoms with E-state index in [1.165, 1.54) is 70.6 Å². The smallest absolute Gasteiger partial charge is 0.306 e. The van der Waals surface area contributed by atoms with E-state index in [0.29, 0.717) is 12.8 Å². The molecule has 0 aromatic heterocycles. The second-order valence-corrected chi connectivity index (χ2v) is 21.8. The van der Waals surface area contributed by atoms with Crippen molar-refractivity contribution in [1.82, 2.24) is 5.32 Å². The van der Waals surface area contributed by atoms with Gasteiger partial charge in [-0.1, -0.05) is 245 Å². The number of carbonyl (C=O) groups excluding carboxylic acids is 2. The summed E-state index contributed by atoms with van der Waals surface area (Å²) in [5.41, 5.74) is 0. The molecule has 8 atom stereocenters. The van der Waals surface area contributed by atoms with E-state index >= 15 is 0 Å². The molecule has 6 N–H and O–H groups in total. The van der Waals surface area contributed by atoms with Crippen molar-refractivity contribution in [3.63, 3.8) is 0 Å². The van der Waals surface area contributed by atoms with Crippen LogP contribution in [0.4, 0.5) is 0 Å². The first kappa shape index (κ1) is 75.1. The summed E-state index contributed by atoms with van der Waals surface area (Å²) >= 11 is 0. The fourth-order valence-electron chi connectivity index (χ4n) is 9.25. The van der Waals surface area contributed by atoms with Crippen molar-refractivity contribution in [2.24, 2.45) is 0 Å². The Hall–Kier alpha value is -3.94. The zero-order chi connectivity index (χ0) is 58.9. The summed E-state index contributed by atoms with van der Waals surface area (Å²) in [6.45, 7) is 5.61. The Bertz CT molecular complexity index is 1780. The fourth-order valence-corrected chi connectivity index (χ4v) is 9.25.